The molecule has 0 N–H and O–H groups in total. The predicted octanol–water partition coefficient (Wildman–Crippen LogP) is 4.93. The van der Waals surface area contributed by atoms with Crippen molar-refractivity contribution >= 4 is 29.3 Å². The summed E-state index contributed by atoms with van der Waals surface area (Å²) in [7, 11) is 1.62. The molecule has 0 saturated carbocycles. The third-order valence-corrected chi connectivity index (χ3v) is 7.21. The van der Waals surface area contributed by atoms with E-state index in [2.05, 4.69) is 32.6 Å². The van der Waals surface area contributed by atoms with Gasteiger partial charge in [0, 0.05) is 37.0 Å². The molecule has 0 aromatic heterocycles. The molecule has 2 aromatic carbocycles. The Balaban J connectivity index is 2.02. The number of anilines is 1. The van der Waals surface area contributed by atoms with E-state index in [0.29, 0.717) is 18.6 Å². The second kappa shape index (κ2) is 11.1. The fourth-order valence-electron chi connectivity index (χ4n) is 4.27. The van der Waals surface area contributed by atoms with Gasteiger partial charge >= 0.3 is 5.97 Å². The van der Waals surface area contributed by atoms with Crippen LogP contribution in [0, 0.1) is 0 Å². The average Bonchev–Trinajstić information content (AvgIpc) is 2.89. The van der Waals surface area contributed by atoms with Crippen LogP contribution in [0.15, 0.2) is 53.4 Å². The number of amides is 1. The number of hydrogen-bond donors (Lipinski definition) is 0. The molecule has 1 heterocycles. The van der Waals surface area contributed by atoms with Gasteiger partial charge in [-0.2, -0.15) is 0 Å². The van der Waals surface area contributed by atoms with Crippen molar-refractivity contribution in [3.8, 4) is 5.75 Å². The molecule has 7 heteroatoms. The van der Waals surface area contributed by atoms with Crippen LogP contribution in [-0.2, 0) is 14.3 Å². The largest absolute Gasteiger partial charge is 0.497 e. The van der Waals surface area contributed by atoms with Gasteiger partial charge in [0.2, 0.25) is 0 Å². The van der Waals surface area contributed by atoms with E-state index in [0.717, 1.165) is 28.4 Å². The quantitative estimate of drug-likeness (QED) is 0.510. The summed E-state index contributed by atoms with van der Waals surface area (Å²) in [6.07, 6.45) is -0.931. The molecule has 1 aliphatic heterocycles. The van der Waals surface area contributed by atoms with Crippen LogP contribution in [0.5, 0.6) is 5.75 Å². The molecule has 1 amide bonds. The molecule has 0 saturated heterocycles. The van der Waals surface area contributed by atoms with Crippen molar-refractivity contribution in [1.29, 1.82) is 0 Å². The summed E-state index contributed by atoms with van der Waals surface area (Å²) in [6.45, 7) is 11.2. The van der Waals surface area contributed by atoms with Crippen LogP contribution in [0.1, 0.15) is 45.4 Å². The maximum atomic E-state index is 13.9. The van der Waals surface area contributed by atoms with Gasteiger partial charge in [0.05, 0.1) is 18.0 Å². The van der Waals surface area contributed by atoms with Gasteiger partial charge < -0.3 is 14.4 Å². The number of fused-ring (bicyclic) bond motifs is 1. The molecule has 0 unspecified atom stereocenters. The minimum absolute atomic E-state index is 0.198. The molecular formula is C26H34N2O4S. The molecule has 0 radical (unpaired) electrons. The van der Waals surface area contributed by atoms with Gasteiger partial charge in [-0.25, -0.2) is 0 Å². The van der Waals surface area contributed by atoms with Crippen molar-refractivity contribution in [3.63, 3.8) is 0 Å². The van der Waals surface area contributed by atoms with E-state index in [4.69, 9.17) is 9.47 Å². The van der Waals surface area contributed by atoms with Crippen molar-refractivity contribution in [1.82, 2.24) is 4.90 Å². The standard InChI is InChI=1S/C26H34N2O4S/c1-17(2)27(18(3)4)15-16-28-22-9-7-8-10-23(22)33-25(24(26(28)30)32-19(5)29)20-11-13-21(31-6)14-12-20/h7-14,17-18,24-25H,15-16H2,1-6H3/t24-,25+/m0/s1. The Kier molecular flexibility index (Phi) is 8.43. The molecule has 0 bridgehead atoms. The number of thioether (sulfide) groups is 1. The zero-order chi connectivity index (χ0) is 24.1. The number of nitrogens with zero attached hydrogens (tertiary/aromatic N) is 2. The topological polar surface area (TPSA) is 59.1 Å². The van der Waals surface area contributed by atoms with Crippen molar-refractivity contribution in [2.24, 2.45) is 0 Å². The fourth-order valence-corrected chi connectivity index (χ4v) is 5.58. The number of para-hydroxylation sites is 1. The van der Waals surface area contributed by atoms with E-state index in [1.807, 2.05) is 48.5 Å². The summed E-state index contributed by atoms with van der Waals surface area (Å²) in [5.41, 5.74) is 1.76. The number of carbonyl (C=O) groups is 2. The van der Waals surface area contributed by atoms with Crippen molar-refractivity contribution < 1.29 is 19.1 Å². The van der Waals surface area contributed by atoms with Gasteiger partial charge in [0.1, 0.15) is 5.75 Å². The Bertz CT molecular complexity index is 953. The molecule has 3 rings (SSSR count). The van der Waals surface area contributed by atoms with E-state index in [-0.39, 0.29) is 11.2 Å². The van der Waals surface area contributed by atoms with Crippen LogP contribution < -0.4 is 9.64 Å². The summed E-state index contributed by atoms with van der Waals surface area (Å²) in [6, 6.07) is 16.2. The van der Waals surface area contributed by atoms with Crippen LogP contribution in [0.4, 0.5) is 5.69 Å². The molecule has 2 aromatic rings. The molecule has 0 aliphatic carbocycles. The Morgan fingerprint density at radius 2 is 1.70 bits per heavy atom. The first-order valence-electron chi connectivity index (χ1n) is 11.4. The monoisotopic (exact) mass is 470 g/mol. The molecule has 0 spiro atoms. The summed E-state index contributed by atoms with van der Waals surface area (Å²) in [4.78, 5) is 31.1. The maximum Gasteiger partial charge on any atom is 0.303 e. The first kappa shape index (κ1) is 25.1. The van der Waals surface area contributed by atoms with Crippen molar-refractivity contribution in [3.05, 3.63) is 54.1 Å². The lowest BCUT2D eigenvalue weighted by Crippen LogP contribution is -2.48. The highest BCUT2D eigenvalue weighted by molar-refractivity contribution is 7.99. The van der Waals surface area contributed by atoms with E-state index >= 15 is 0 Å². The highest BCUT2D eigenvalue weighted by atomic mass is 32.2. The lowest BCUT2D eigenvalue weighted by Gasteiger charge is -2.34. The second-order valence-electron chi connectivity index (χ2n) is 8.72. The minimum Gasteiger partial charge on any atom is -0.497 e. The van der Waals surface area contributed by atoms with Gasteiger partial charge in [-0.3, -0.25) is 14.5 Å². The van der Waals surface area contributed by atoms with E-state index in [1.54, 1.807) is 23.8 Å². The van der Waals surface area contributed by atoms with Crippen molar-refractivity contribution in [2.75, 3.05) is 25.1 Å². The summed E-state index contributed by atoms with van der Waals surface area (Å²) in [5.74, 6) is 0.0671. The zero-order valence-corrected chi connectivity index (χ0v) is 21.1. The predicted molar refractivity (Wildman–Crippen MR) is 133 cm³/mol. The number of methoxy groups -OCH3 is 1. The lowest BCUT2D eigenvalue weighted by molar-refractivity contribution is -0.152. The van der Waals surface area contributed by atoms with Gasteiger partial charge in [-0.15, -0.1) is 11.8 Å². The maximum absolute atomic E-state index is 13.9. The minimum atomic E-state index is -0.931. The van der Waals surface area contributed by atoms with Crippen LogP contribution >= 0.6 is 11.8 Å². The Morgan fingerprint density at radius 3 is 2.27 bits per heavy atom. The van der Waals surface area contributed by atoms with Gasteiger partial charge in [0.25, 0.3) is 5.91 Å². The first-order chi connectivity index (χ1) is 15.7. The SMILES string of the molecule is COc1ccc([C@H]2Sc3ccccc3N(CCN(C(C)C)C(C)C)C(=O)[C@H]2OC(C)=O)cc1. The molecule has 0 fully saturated rings. The smallest absolute Gasteiger partial charge is 0.303 e. The summed E-state index contributed by atoms with van der Waals surface area (Å²) >= 11 is 1.55. The number of hydrogen-bond acceptors (Lipinski definition) is 6. The van der Waals surface area contributed by atoms with Crippen LogP contribution in [-0.4, -0.2) is 55.2 Å². The molecule has 1 aliphatic rings. The number of carbonyl (C=O) groups excluding carboxylic acids is 2. The number of rotatable bonds is 8. The highest BCUT2D eigenvalue weighted by Crippen LogP contribution is 2.46. The molecule has 33 heavy (non-hydrogen) atoms. The summed E-state index contributed by atoms with van der Waals surface area (Å²) in [5, 5.41) is -0.371. The zero-order valence-electron chi connectivity index (χ0n) is 20.3. The van der Waals surface area contributed by atoms with Crippen LogP contribution in [0.2, 0.25) is 0 Å². The second-order valence-corrected chi connectivity index (χ2v) is 9.91. The van der Waals surface area contributed by atoms with Gasteiger partial charge in [0.15, 0.2) is 6.10 Å². The van der Waals surface area contributed by atoms with E-state index in [9.17, 15) is 9.59 Å². The number of ether oxygens (including phenoxy) is 2. The number of esters is 1. The molecule has 2 atom stereocenters. The molecule has 6 nitrogen and oxygen atoms in total. The number of benzene rings is 2. The fraction of sp³-hybridized carbons (Fsp3) is 0.462. The Hall–Kier alpha value is -2.51. The first-order valence-corrected chi connectivity index (χ1v) is 12.2. The van der Waals surface area contributed by atoms with Crippen molar-refractivity contribution in [2.45, 2.75) is 63.0 Å². The van der Waals surface area contributed by atoms with Gasteiger partial charge in [-0.05, 0) is 57.5 Å². The molecule has 178 valence electrons. The lowest BCUT2D eigenvalue weighted by atomic mass is 10.1. The normalized spacial score (nSPS) is 18.5. The van der Waals surface area contributed by atoms with E-state index in [1.165, 1.54) is 6.92 Å². The van der Waals surface area contributed by atoms with Crippen LogP contribution in [0.25, 0.3) is 0 Å². The van der Waals surface area contributed by atoms with E-state index < -0.39 is 12.1 Å². The third kappa shape index (κ3) is 5.89. The Morgan fingerprint density at radius 1 is 1.06 bits per heavy atom. The van der Waals surface area contributed by atoms with Crippen LogP contribution in [0.3, 0.4) is 0 Å². The average molecular weight is 471 g/mol. The highest BCUT2D eigenvalue weighted by Gasteiger charge is 2.40. The van der Waals surface area contributed by atoms with Gasteiger partial charge in [-0.1, -0.05) is 24.3 Å². The third-order valence-electron chi connectivity index (χ3n) is 5.84. The molecular weight excluding hydrogens is 436 g/mol. The summed E-state index contributed by atoms with van der Waals surface area (Å²) < 4.78 is 11.0. The Labute approximate surface area is 201 Å².